The lowest BCUT2D eigenvalue weighted by Crippen LogP contribution is -2.44. The van der Waals surface area contributed by atoms with Crippen molar-refractivity contribution in [1.82, 2.24) is 10.2 Å². The smallest absolute Gasteiger partial charge is 0.310 e. The number of nitrogens with zero attached hydrogens (tertiary/aromatic N) is 2. The predicted octanol–water partition coefficient (Wildman–Crippen LogP) is 2.37. The Morgan fingerprint density at radius 1 is 1.21 bits per heavy atom. The molecule has 3 heterocycles. The number of nitrogens with one attached hydrogen (secondary N) is 2. The number of carbonyl (C=O) groups is 2. The summed E-state index contributed by atoms with van der Waals surface area (Å²) in [5.74, 6) is -0.842. The molecule has 11 heteroatoms. The minimum atomic E-state index is -3.78. The fraction of sp³-hybridized carbons (Fsp3) is 0.478. The van der Waals surface area contributed by atoms with E-state index < -0.39 is 10.0 Å². The summed E-state index contributed by atoms with van der Waals surface area (Å²) in [6.45, 7) is 5.97. The van der Waals surface area contributed by atoms with Crippen LogP contribution in [0.1, 0.15) is 30.1 Å². The van der Waals surface area contributed by atoms with E-state index in [1.807, 2.05) is 0 Å². The Labute approximate surface area is 204 Å². The molecule has 1 atom stereocenters. The number of rotatable bonds is 7. The fourth-order valence-corrected chi connectivity index (χ4v) is 6.40. The van der Waals surface area contributed by atoms with Crippen LogP contribution in [0.25, 0.3) is 0 Å². The third kappa shape index (κ3) is 5.53. The van der Waals surface area contributed by atoms with E-state index in [-0.39, 0.29) is 22.0 Å². The van der Waals surface area contributed by atoms with Crippen LogP contribution in [0.5, 0.6) is 0 Å². The van der Waals surface area contributed by atoms with Crippen LogP contribution < -0.4 is 14.9 Å². The van der Waals surface area contributed by atoms with Crippen LogP contribution in [-0.4, -0.2) is 71.1 Å². The van der Waals surface area contributed by atoms with Gasteiger partial charge in [0.05, 0.1) is 23.9 Å². The fourth-order valence-electron chi connectivity index (χ4n) is 4.34. The maximum Gasteiger partial charge on any atom is 0.310 e. The molecule has 2 N–H and O–H groups in total. The van der Waals surface area contributed by atoms with Crippen molar-refractivity contribution in [3.63, 3.8) is 0 Å². The Kier molecular flexibility index (Phi) is 7.74. The van der Waals surface area contributed by atoms with Crippen LogP contribution in [0.2, 0.25) is 0 Å². The minimum Gasteiger partial charge on any atom is -0.466 e. The molecule has 0 unspecified atom stereocenters. The first-order valence-electron chi connectivity index (χ1n) is 11.5. The molecule has 0 aliphatic carbocycles. The van der Waals surface area contributed by atoms with Gasteiger partial charge in [-0.3, -0.25) is 14.3 Å². The third-order valence-corrected chi connectivity index (χ3v) is 8.80. The molecule has 0 spiro atoms. The molecule has 184 valence electrons. The zero-order chi connectivity index (χ0) is 24.1. The molecule has 2 saturated heterocycles. The number of ether oxygens (including phenoxy) is 1. The Balaban J connectivity index is 1.61. The largest absolute Gasteiger partial charge is 0.466 e. The van der Waals surface area contributed by atoms with Crippen molar-refractivity contribution in [2.45, 2.75) is 24.0 Å². The van der Waals surface area contributed by atoms with Crippen molar-refractivity contribution in [1.29, 1.82) is 0 Å². The van der Waals surface area contributed by atoms with Gasteiger partial charge in [0.1, 0.15) is 4.21 Å². The van der Waals surface area contributed by atoms with Crippen molar-refractivity contribution in [3.8, 4) is 0 Å². The molecule has 2 aliphatic heterocycles. The Morgan fingerprint density at radius 2 is 2.00 bits per heavy atom. The number of thiophene rings is 1. The summed E-state index contributed by atoms with van der Waals surface area (Å²) in [6, 6.07) is 8.38. The Bertz CT molecular complexity index is 1110. The molecule has 2 fully saturated rings. The molecule has 1 aromatic carbocycles. The minimum absolute atomic E-state index is 0.212. The van der Waals surface area contributed by atoms with Crippen LogP contribution in [0.15, 0.2) is 39.9 Å². The van der Waals surface area contributed by atoms with Crippen LogP contribution >= 0.6 is 11.3 Å². The van der Waals surface area contributed by atoms with Gasteiger partial charge in [0.25, 0.3) is 15.9 Å². The normalized spacial score (nSPS) is 19.0. The molecular weight excluding hydrogens is 476 g/mol. The summed E-state index contributed by atoms with van der Waals surface area (Å²) in [5.41, 5.74) is 1.49. The lowest BCUT2D eigenvalue weighted by Gasteiger charge is -2.33. The van der Waals surface area contributed by atoms with Gasteiger partial charge in [-0.15, -0.1) is 11.3 Å². The highest BCUT2D eigenvalue weighted by Crippen LogP contribution is 2.32. The number of piperidine rings is 1. The molecule has 1 aromatic heterocycles. The van der Waals surface area contributed by atoms with Gasteiger partial charge in [0.2, 0.25) is 0 Å². The Hall–Kier alpha value is -2.63. The lowest BCUT2D eigenvalue weighted by molar-refractivity contribution is -0.149. The van der Waals surface area contributed by atoms with Crippen molar-refractivity contribution in [2.75, 3.05) is 55.5 Å². The number of likely N-dealkylation sites (tertiary alicyclic amines) is 1. The van der Waals surface area contributed by atoms with E-state index in [2.05, 4.69) is 14.9 Å². The van der Waals surface area contributed by atoms with E-state index in [4.69, 9.17) is 4.74 Å². The van der Waals surface area contributed by atoms with E-state index in [1.165, 1.54) is 0 Å². The van der Waals surface area contributed by atoms with Gasteiger partial charge < -0.3 is 19.9 Å². The second-order valence-electron chi connectivity index (χ2n) is 8.35. The van der Waals surface area contributed by atoms with E-state index in [0.717, 1.165) is 43.2 Å². The van der Waals surface area contributed by atoms with Crippen molar-refractivity contribution in [3.05, 3.63) is 41.3 Å². The summed E-state index contributed by atoms with van der Waals surface area (Å²) in [6.07, 6.45) is 1.41. The molecule has 1 amide bonds. The van der Waals surface area contributed by atoms with Gasteiger partial charge in [-0.05, 0) is 49.4 Å². The van der Waals surface area contributed by atoms with Crippen molar-refractivity contribution >= 4 is 44.6 Å². The maximum atomic E-state index is 13.3. The molecule has 2 aliphatic rings. The first kappa shape index (κ1) is 24.5. The van der Waals surface area contributed by atoms with Crippen molar-refractivity contribution in [2.24, 2.45) is 5.92 Å². The predicted molar refractivity (Wildman–Crippen MR) is 132 cm³/mol. The topological polar surface area (TPSA) is 108 Å². The van der Waals surface area contributed by atoms with E-state index >= 15 is 0 Å². The van der Waals surface area contributed by atoms with E-state index in [1.54, 1.807) is 47.5 Å². The van der Waals surface area contributed by atoms with Crippen LogP contribution in [0, 0.1) is 5.92 Å². The molecule has 2 aromatic rings. The maximum absolute atomic E-state index is 13.3. The summed E-state index contributed by atoms with van der Waals surface area (Å²) in [5, 5.41) is 5.00. The SMILES string of the molecule is CCOC(=O)[C@H]1CCCN(C(=O)c2ccc(N3CCNCC3)c(NS(=O)(=O)c3cccs3)c2)C1. The highest BCUT2D eigenvalue weighted by atomic mass is 32.2. The second kappa shape index (κ2) is 10.7. The molecule has 9 nitrogen and oxygen atoms in total. The van der Waals surface area contributed by atoms with Crippen LogP contribution in [-0.2, 0) is 19.6 Å². The number of benzene rings is 1. The second-order valence-corrected chi connectivity index (χ2v) is 11.2. The quantitative estimate of drug-likeness (QED) is 0.555. The summed E-state index contributed by atoms with van der Waals surface area (Å²) >= 11 is 1.14. The van der Waals surface area contributed by atoms with Gasteiger partial charge in [0, 0.05) is 44.8 Å². The number of anilines is 2. The lowest BCUT2D eigenvalue weighted by atomic mass is 9.97. The average Bonchev–Trinajstić information content (AvgIpc) is 3.40. The number of amides is 1. The van der Waals surface area contributed by atoms with E-state index in [0.29, 0.717) is 43.8 Å². The van der Waals surface area contributed by atoms with Gasteiger partial charge in [-0.2, -0.15) is 0 Å². The number of hydrogen-bond donors (Lipinski definition) is 2. The van der Waals surface area contributed by atoms with Gasteiger partial charge in [0.15, 0.2) is 0 Å². The summed E-state index contributed by atoms with van der Waals surface area (Å²) in [4.78, 5) is 29.3. The molecule has 0 radical (unpaired) electrons. The molecule has 0 saturated carbocycles. The zero-order valence-electron chi connectivity index (χ0n) is 19.2. The van der Waals surface area contributed by atoms with Crippen LogP contribution in [0.3, 0.4) is 0 Å². The molecular formula is C23H30N4O5S2. The Morgan fingerprint density at radius 3 is 2.71 bits per heavy atom. The van der Waals surface area contributed by atoms with Crippen LogP contribution in [0.4, 0.5) is 11.4 Å². The number of esters is 1. The monoisotopic (exact) mass is 506 g/mol. The standard InChI is InChI=1S/C23H30N4O5S2/c1-2-32-23(29)18-5-3-11-27(16-18)22(28)17-7-8-20(26-12-9-24-10-13-26)19(15-17)25-34(30,31)21-6-4-14-33-21/h4,6-8,14-15,18,24-25H,2-3,5,9-13,16H2,1H3/t18-/m0/s1. The number of hydrogen-bond acceptors (Lipinski definition) is 8. The van der Waals surface area contributed by atoms with Crippen molar-refractivity contribution < 1.29 is 22.7 Å². The number of piperazine rings is 1. The highest BCUT2D eigenvalue weighted by Gasteiger charge is 2.30. The molecule has 4 rings (SSSR count). The summed E-state index contributed by atoms with van der Waals surface area (Å²) < 4.78 is 34.0. The van der Waals surface area contributed by atoms with Gasteiger partial charge >= 0.3 is 5.97 Å². The average molecular weight is 507 g/mol. The first-order chi connectivity index (χ1) is 16.4. The number of sulfonamides is 1. The summed E-state index contributed by atoms with van der Waals surface area (Å²) in [7, 11) is -3.78. The number of carbonyl (C=O) groups excluding carboxylic acids is 2. The van der Waals surface area contributed by atoms with Gasteiger partial charge in [-0.1, -0.05) is 6.07 Å². The van der Waals surface area contributed by atoms with Gasteiger partial charge in [-0.25, -0.2) is 8.42 Å². The zero-order valence-corrected chi connectivity index (χ0v) is 20.8. The third-order valence-electron chi connectivity index (χ3n) is 6.03. The van der Waals surface area contributed by atoms with E-state index in [9.17, 15) is 18.0 Å². The molecule has 34 heavy (non-hydrogen) atoms. The first-order valence-corrected chi connectivity index (χ1v) is 13.9. The highest BCUT2D eigenvalue weighted by molar-refractivity contribution is 7.94. The molecule has 0 bridgehead atoms.